The molecule has 0 aromatic rings. The summed E-state index contributed by atoms with van der Waals surface area (Å²) in [6, 6.07) is 0. The number of nitrogens with two attached hydrogens (primary N) is 1. The third-order valence-corrected chi connectivity index (χ3v) is 2.51. The summed E-state index contributed by atoms with van der Waals surface area (Å²) in [6.07, 6.45) is 5.39. The molecule has 0 spiro atoms. The van der Waals surface area contributed by atoms with Gasteiger partial charge in [-0.25, -0.2) is 4.79 Å². The summed E-state index contributed by atoms with van der Waals surface area (Å²) in [5, 5.41) is 8.38. The molecule has 1 aliphatic rings. The summed E-state index contributed by atoms with van der Waals surface area (Å²) < 4.78 is 5.02. The van der Waals surface area contributed by atoms with Crippen LogP contribution in [0.15, 0.2) is 0 Å². The monoisotopic (exact) mass is 187 g/mol. The number of aliphatic carboxylic acids is 1. The van der Waals surface area contributed by atoms with E-state index in [9.17, 15) is 4.79 Å². The van der Waals surface area contributed by atoms with Crippen LogP contribution in [-0.4, -0.2) is 23.9 Å². The maximum atomic E-state index is 10.2. The predicted octanol–water partition coefficient (Wildman–Crippen LogP) is 0.953. The Bertz CT molecular complexity index is 166. The fraction of sp³-hybridized carbons (Fsp3) is 0.889. The lowest BCUT2D eigenvalue weighted by Crippen LogP contribution is -2.35. The molecule has 13 heavy (non-hydrogen) atoms. The van der Waals surface area contributed by atoms with Crippen LogP contribution < -0.4 is 5.73 Å². The van der Waals surface area contributed by atoms with E-state index in [4.69, 9.17) is 15.6 Å². The minimum Gasteiger partial charge on any atom is -0.480 e. The molecule has 0 aromatic carbocycles. The second kappa shape index (κ2) is 5.19. The highest BCUT2D eigenvalue weighted by atomic mass is 16.5. The molecule has 0 aliphatic heterocycles. The van der Waals surface area contributed by atoms with Crippen LogP contribution in [0, 0.1) is 5.92 Å². The van der Waals surface area contributed by atoms with Gasteiger partial charge in [0.15, 0.2) is 0 Å². The lowest BCUT2D eigenvalue weighted by Gasteiger charge is -2.26. The molecule has 1 aliphatic carbocycles. The van der Waals surface area contributed by atoms with Crippen molar-refractivity contribution < 1.29 is 14.6 Å². The molecule has 1 rings (SSSR count). The van der Waals surface area contributed by atoms with Crippen molar-refractivity contribution in [3.8, 4) is 0 Å². The summed E-state index contributed by atoms with van der Waals surface area (Å²) in [4.78, 5) is 10.2. The molecule has 0 bridgehead atoms. The zero-order valence-electron chi connectivity index (χ0n) is 7.74. The molecule has 4 nitrogen and oxygen atoms in total. The van der Waals surface area contributed by atoms with E-state index in [-0.39, 0.29) is 6.61 Å². The zero-order chi connectivity index (χ0) is 9.68. The zero-order valence-corrected chi connectivity index (χ0v) is 7.74. The summed E-state index contributed by atoms with van der Waals surface area (Å²) in [5.41, 5.74) is 5.71. The van der Waals surface area contributed by atoms with Crippen molar-refractivity contribution in [2.75, 3.05) is 6.61 Å². The average molecular weight is 187 g/mol. The van der Waals surface area contributed by atoms with Gasteiger partial charge in [-0.1, -0.05) is 19.3 Å². The van der Waals surface area contributed by atoms with E-state index in [0.29, 0.717) is 5.92 Å². The van der Waals surface area contributed by atoms with Crippen molar-refractivity contribution in [1.82, 2.24) is 0 Å². The number of hydrogen-bond acceptors (Lipinski definition) is 3. The van der Waals surface area contributed by atoms with Gasteiger partial charge in [0.2, 0.25) is 0 Å². The maximum absolute atomic E-state index is 10.2. The van der Waals surface area contributed by atoms with Crippen LogP contribution in [0.5, 0.6) is 0 Å². The standard InChI is InChI=1S/C9H17NO3/c10-9(13-6-8(11)12)7-4-2-1-3-5-7/h7,9H,1-6,10H2,(H,11,12). The normalized spacial score (nSPS) is 21.3. The fourth-order valence-electron chi connectivity index (χ4n) is 1.77. The summed E-state index contributed by atoms with van der Waals surface area (Å²) in [5.74, 6) is -0.598. The number of rotatable bonds is 4. The Labute approximate surface area is 78.1 Å². The van der Waals surface area contributed by atoms with Crippen LogP contribution in [0.25, 0.3) is 0 Å². The van der Waals surface area contributed by atoms with E-state index in [2.05, 4.69) is 0 Å². The molecule has 0 amide bonds. The van der Waals surface area contributed by atoms with E-state index >= 15 is 0 Å². The molecular formula is C9H17NO3. The van der Waals surface area contributed by atoms with Crippen LogP contribution >= 0.6 is 0 Å². The molecule has 0 heterocycles. The quantitative estimate of drug-likeness (QED) is 0.643. The molecule has 1 atom stereocenters. The Morgan fingerprint density at radius 2 is 2.08 bits per heavy atom. The van der Waals surface area contributed by atoms with Crippen molar-refractivity contribution in [2.45, 2.75) is 38.3 Å². The highest BCUT2D eigenvalue weighted by Crippen LogP contribution is 2.25. The number of carboxylic acids is 1. The number of carboxylic acid groups (broad SMARTS) is 1. The largest absolute Gasteiger partial charge is 0.480 e. The second-order valence-electron chi connectivity index (χ2n) is 3.57. The number of ether oxygens (including phenoxy) is 1. The number of carbonyl (C=O) groups is 1. The Balaban J connectivity index is 2.20. The predicted molar refractivity (Wildman–Crippen MR) is 48.1 cm³/mol. The van der Waals surface area contributed by atoms with Gasteiger partial charge in [0.1, 0.15) is 12.8 Å². The van der Waals surface area contributed by atoms with Gasteiger partial charge in [0, 0.05) is 0 Å². The molecule has 0 radical (unpaired) electrons. The molecule has 1 saturated carbocycles. The van der Waals surface area contributed by atoms with Crippen LogP contribution in [0.4, 0.5) is 0 Å². The van der Waals surface area contributed by atoms with Gasteiger partial charge in [0.25, 0.3) is 0 Å². The second-order valence-corrected chi connectivity index (χ2v) is 3.57. The fourth-order valence-corrected chi connectivity index (χ4v) is 1.77. The lowest BCUT2D eigenvalue weighted by molar-refractivity contribution is -0.145. The highest BCUT2D eigenvalue weighted by Gasteiger charge is 2.21. The van der Waals surface area contributed by atoms with Gasteiger partial charge in [-0.2, -0.15) is 0 Å². The average Bonchev–Trinajstić information content (AvgIpc) is 2.15. The Morgan fingerprint density at radius 1 is 1.46 bits per heavy atom. The summed E-state index contributed by atoms with van der Waals surface area (Å²) in [6.45, 7) is -0.280. The van der Waals surface area contributed by atoms with E-state index in [1.54, 1.807) is 0 Å². The van der Waals surface area contributed by atoms with E-state index in [1.165, 1.54) is 19.3 Å². The molecule has 1 fully saturated rings. The minimum atomic E-state index is -0.953. The van der Waals surface area contributed by atoms with Gasteiger partial charge in [-0.3, -0.25) is 0 Å². The third-order valence-electron chi connectivity index (χ3n) is 2.51. The molecule has 76 valence electrons. The Morgan fingerprint density at radius 3 is 2.62 bits per heavy atom. The first-order chi connectivity index (χ1) is 6.20. The van der Waals surface area contributed by atoms with Crippen LogP contribution in [-0.2, 0) is 9.53 Å². The van der Waals surface area contributed by atoms with Crippen molar-refractivity contribution in [1.29, 1.82) is 0 Å². The molecule has 3 N–H and O–H groups in total. The third kappa shape index (κ3) is 3.74. The van der Waals surface area contributed by atoms with E-state index < -0.39 is 12.2 Å². The van der Waals surface area contributed by atoms with Crippen molar-refractivity contribution in [3.63, 3.8) is 0 Å². The Hall–Kier alpha value is -0.610. The van der Waals surface area contributed by atoms with Crippen LogP contribution in [0.1, 0.15) is 32.1 Å². The molecular weight excluding hydrogens is 170 g/mol. The van der Waals surface area contributed by atoms with Gasteiger partial charge in [-0.15, -0.1) is 0 Å². The molecule has 0 aromatic heterocycles. The molecule has 4 heteroatoms. The first-order valence-corrected chi connectivity index (χ1v) is 4.79. The summed E-state index contributed by atoms with van der Waals surface area (Å²) >= 11 is 0. The maximum Gasteiger partial charge on any atom is 0.329 e. The highest BCUT2D eigenvalue weighted by molar-refractivity contribution is 5.68. The van der Waals surface area contributed by atoms with E-state index in [0.717, 1.165) is 12.8 Å². The first kappa shape index (κ1) is 10.5. The summed E-state index contributed by atoms with van der Waals surface area (Å²) in [7, 11) is 0. The lowest BCUT2D eigenvalue weighted by atomic mass is 9.88. The topological polar surface area (TPSA) is 72.5 Å². The first-order valence-electron chi connectivity index (χ1n) is 4.79. The Kier molecular flexibility index (Phi) is 4.18. The molecule has 1 unspecified atom stereocenters. The minimum absolute atomic E-state index is 0.280. The smallest absolute Gasteiger partial charge is 0.329 e. The van der Waals surface area contributed by atoms with Crippen molar-refractivity contribution >= 4 is 5.97 Å². The van der Waals surface area contributed by atoms with Crippen LogP contribution in [0.2, 0.25) is 0 Å². The van der Waals surface area contributed by atoms with Crippen molar-refractivity contribution in [3.05, 3.63) is 0 Å². The molecule has 0 saturated heterocycles. The number of hydrogen-bond donors (Lipinski definition) is 2. The van der Waals surface area contributed by atoms with Gasteiger partial charge in [-0.05, 0) is 18.8 Å². The van der Waals surface area contributed by atoms with Crippen LogP contribution in [0.3, 0.4) is 0 Å². The van der Waals surface area contributed by atoms with Gasteiger partial charge >= 0.3 is 5.97 Å². The van der Waals surface area contributed by atoms with Gasteiger partial charge < -0.3 is 15.6 Å². The SMILES string of the molecule is NC(OCC(=O)O)C1CCCCC1. The van der Waals surface area contributed by atoms with E-state index in [1.807, 2.05) is 0 Å². The van der Waals surface area contributed by atoms with Gasteiger partial charge in [0.05, 0.1) is 0 Å². The van der Waals surface area contributed by atoms with Crippen molar-refractivity contribution in [2.24, 2.45) is 11.7 Å².